The number of hydrogen-bond donors (Lipinski definition) is 2. The highest BCUT2D eigenvalue weighted by molar-refractivity contribution is 6.30. The van der Waals surface area contributed by atoms with Gasteiger partial charge in [0.1, 0.15) is 0 Å². The molecule has 126 valence electrons. The van der Waals surface area contributed by atoms with Crippen molar-refractivity contribution >= 4 is 29.1 Å². The fourth-order valence-corrected chi connectivity index (χ4v) is 2.34. The molecule has 2 amide bonds. The summed E-state index contributed by atoms with van der Waals surface area (Å²) in [5.41, 5.74) is 2.03. The number of halogens is 1. The Labute approximate surface area is 147 Å². The monoisotopic (exact) mass is 344 g/mol. The standard InChI is InChI=1S/C19H21ClN2O2/c1-2-3-11-21-19(24)15-5-4-6-17(13-15)22-18(23)12-14-7-9-16(20)10-8-14/h4-10,13H,2-3,11-12H2,1H3,(H,21,24)(H,22,23). The van der Waals surface area contributed by atoms with Crippen molar-refractivity contribution in [2.75, 3.05) is 11.9 Å². The number of benzene rings is 2. The van der Waals surface area contributed by atoms with Gasteiger partial charge in [-0.2, -0.15) is 0 Å². The third-order valence-corrected chi connectivity index (χ3v) is 3.75. The van der Waals surface area contributed by atoms with Crippen molar-refractivity contribution in [3.8, 4) is 0 Å². The lowest BCUT2D eigenvalue weighted by atomic mass is 10.1. The minimum atomic E-state index is -0.138. The summed E-state index contributed by atoms with van der Waals surface area (Å²) in [4.78, 5) is 24.2. The molecule has 0 spiro atoms. The summed E-state index contributed by atoms with van der Waals surface area (Å²) in [6.45, 7) is 2.73. The summed E-state index contributed by atoms with van der Waals surface area (Å²) in [7, 11) is 0. The average molecular weight is 345 g/mol. The topological polar surface area (TPSA) is 58.2 Å². The second-order valence-corrected chi connectivity index (χ2v) is 5.98. The van der Waals surface area contributed by atoms with Crippen LogP contribution < -0.4 is 10.6 Å². The van der Waals surface area contributed by atoms with Crippen LogP contribution in [0.25, 0.3) is 0 Å². The van der Waals surface area contributed by atoms with Crippen LogP contribution in [0.5, 0.6) is 0 Å². The van der Waals surface area contributed by atoms with Gasteiger partial charge >= 0.3 is 0 Å². The van der Waals surface area contributed by atoms with Crippen molar-refractivity contribution in [1.29, 1.82) is 0 Å². The molecule has 2 aromatic rings. The van der Waals surface area contributed by atoms with Crippen molar-refractivity contribution in [3.05, 3.63) is 64.7 Å². The average Bonchev–Trinajstić information content (AvgIpc) is 2.57. The van der Waals surface area contributed by atoms with E-state index in [4.69, 9.17) is 11.6 Å². The number of anilines is 1. The van der Waals surface area contributed by atoms with E-state index in [2.05, 4.69) is 17.6 Å². The van der Waals surface area contributed by atoms with Crippen molar-refractivity contribution in [2.24, 2.45) is 0 Å². The Kier molecular flexibility index (Phi) is 6.82. The van der Waals surface area contributed by atoms with Crippen LogP contribution in [0, 0.1) is 0 Å². The molecule has 0 aliphatic rings. The first-order chi connectivity index (χ1) is 11.6. The maximum atomic E-state index is 12.1. The van der Waals surface area contributed by atoms with Gasteiger partial charge in [0.15, 0.2) is 0 Å². The summed E-state index contributed by atoms with van der Waals surface area (Å²) in [5, 5.41) is 6.32. The predicted molar refractivity (Wildman–Crippen MR) is 97.5 cm³/mol. The van der Waals surface area contributed by atoms with Gasteiger partial charge in [-0.25, -0.2) is 0 Å². The smallest absolute Gasteiger partial charge is 0.251 e. The lowest BCUT2D eigenvalue weighted by Crippen LogP contribution is -2.24. The third-order valence-electron chi connectivity index (χ3n) is 3.50. The zero-order chi connectivity index (χ0) is 17.4. The summed E-state index contributed by atoms with van der Waals surface area (Å²) in [6.07, 6.45) is 2.23. The fourth-order valence-electron chi connectivity index (χ4n) is 2.21. The van der Waals surface area contributed by atoms with E-state index >= 15 is 0 Å². The van der Waals surface area contributed by atoms with E-state index in [0.29, 0.717) is 22.8 Å². The summed E-state index contributed by atoms with van der Waals surface area (Å²) in [5.74, 6) is -0.266. The van der Waals surface area contributed by atoms with E-state index in [0.717, 1.165) is 18.4 Å². The van der Waals surface area contributed by atoms with Crippen LogP contribution in [0.1, 0.15) is 35.7 Å². The van der Waals surface area contributed by atoms with Crippen LogP contribution in [0.2, 0.25) is 5.02 Å². The number of carbonyl (C=O) groups is 2. The van der Waals surface area contributed by atoms with Crippen LogP contribution in [0.3, 0.4) is 0 Å². The summed E-state index contributed by atoms with van der Waals surface area (Å²) < 4.78 is 0. The van der Waals surface area contributed by atoms with Crippen molar-refractivity contribution in [3.63, 3.8) is 0 Å². The Morgan fingerprint density at radius 2 is 1.83 bits per heavy atom. The van der Waals surface area contributed by atoms with Crippen molar-refractivity contribution in [1.82, 2.24) is 5.32 Å². The molecular weight excluding hydrogens is 324 g/mol. The summed E-state index contributed by atoms with van der Waals surface area (Å²) >= 11 is 5.83. The molecule has 2 N–H and O–H groups in total. The number of hydrogen-bond acceptors (Lipinski definition) is 2. The number of unbranched alkanes of at least 4 members (excludes halogenated alkanes) is 1. The van der Waals surface area contributed by atoms with Crippen molar-refractivity contribution < 1.29 is 9.59 Å². The molecule has 0 fully saturated rings. The van der Waals surface area contributed by atoms with E-state index in [1.807, 2.05) is 12.1 Å². The molecule has 0 aromatic heterocycles. The first-order valence-electron chi connectivity index (χ1n) is 8.01. The van der Waals surface area contributed by atoms with Crippen LogP contribution in [-0.2, 0) is 11.2 Å². The molecule has 0 unspecified atom stereocenters. The zero-order valence-corrected chi connectivity index (χ0v) is 14.4. The molecule has 2 aromatic carbocycles. The number of rotatable bonds is 7. The van der Waals surface area contributed by atoms with Gasteiger partial charge < -0.3 is 10.6 Å². The molecule has 0 saturated heterocycles. The van der Waals surface area contributed by atoms with E-state index in [1.54, 1.807) is 36.4 Å². The quantitative estimate of drug-likeness (QED) is 0.744. The molecule has 0 bridgehead atoms. The number of carbonyl (C=O) groups excluding carboxylic acids is 2. The molecule has 0 saturated carbocycles. The van der Waals surface area contributed by atoms with Gasteiger partial charge in [-0.3, -0.25) is 9.59 Å². The van der Waals surface area contributed by atoms with E-state index in [1.165, 1.54) is 0 Å². The molecule has 0 aliphatic heterocycles. The van der Waals surface area contributed by atoms with Gasteiger partial charge in [-0.1, -0.05) is 43.1 Å². The van der Waals surface area contributed by atoms with Gasteiger partial charge in [-0.15, -0.1) is 0 Å². The van der Waals surface area contributed by atoms with Crippen molar-refractivity contribution in [2.45, 2.75) is 26.2 Å². The second-order valence-electron chi connectivity index (χ2n) is 5.54. The Hall–Kier alpha value is -2.33. The van der Waals surface area contributed by atoms with E-state index < -0.39 is 0 Å². The Morgan fingerprint density at radius 1 is 1.08 bits per heavy atom. The fraction of sp³-hybridized carbons (Fsp3) is 0.263. The predicted octanol–water partition coefficient (Wildman–Crippen LogP) is 4.05. The van der Waals surface area contributed by atoms with Gasteiger partial charge in [0.05, 0.1) is 6.42 Å². The van der Waals surface area contributed by atoms with Gasteiger partial charge in [0.25, 0.3) is 5.91 Å². The van der Waals surface area contributed by atoms with E-state index in [9.17, 15) is 9.59 Å². The molecule has 4 nitrogen and oxygen atoms in total. The Morgan fingerprint density at radius 3 is 2.54 bits per heavy atom. The zero-order valence-electron chi connectivity index (χ0n) is 13.6. The number of nitrogens with one attached hydrogen (secondary N) is 2. The minimum Gasteiger partial charge on any atom is -0.352 e. The van der Waals surface area contributed by atoms with Gasteiger partial charge in [0.2, 0.25) is 5.91 Å². The normalized spacial score (nSPS) is 10.2. The molecule has 2 rings (SSSR count). The molecular formula is C19H21ClN2O2. The maximum Gasteiger partial charge on any atom is 0.251 e. The lowest BCUT2D eigenvalue weighted by Gasteiger charge is -2.08. The highest BCUT2D eigenvalue weighted by Crippen LogP contribution is 2.13. The molecule has 24 heavy (non-hydrogen) atoms. The first kappa shape index (κ1) is 18.0. The van der Waals surface area contributed by atoms with Gasteiger partial charge in [-0.05, 0) is 42.3 Å². The minimum absolute atomic E-state index is 0.128. The molecule has 0 atom stereocenters. The third kappa shape index (κ3) is 5.70. The van der Waals surface area contributed by atoms with Crippen LogP contribution >= 0.6 is 11.6 Å². The Balaban J connectivity index is 1.94. The largest absolute Gasteiger partial charge is 0.352 e. The lowest BCUT2D eigenvalue weighted by molar-refractivity contribution is -0.115. The molecule has 0 radical (unpaired) electrons. The highest BCUT2D eigenvalue weighted by Gasteiger charge is 2.08. The van der Waals surface area contributed by atoms with E-state index in [-0.39, 0.29) is 18.2 Å². The maximum absolute atomic E-state index is 12.1. The van der Waals surface area contributed by atoms with Crippen LogP contribution in [0.15, 0.2) is 48.5 Å². The Bertz CT molecular complexity index is 699. The van der Waals surface area contributed by atoms with Gasteiger partial charge in [0, 0.05) is 22.8 Å². The molecule has 0 heterocycles. The first-order valence-corrected chi connectivity index (χ1v) is 8.39. The SMILES string of the molecule is CCCCNC(=O)c1cccc(NC(=O)Cc2ccc(Cl)cc2)c1. The summed E-state index contributed by atoms with van der Waals surface area (Å²) in [6, 6.07) is 14.1. The molecule has 5 heteroatoms. The second kappa shape index (κ2) is 9.08. The van der Waals surface area contributed by atoms with Crippen LogP contribution in [-0.4, -0.2) is 18.4 Å². The molecule has 0 aliphatic carbocycles. The number of amides is 2. The highest BCUT2D eigenvalue weighted by atomic mass is 35.5. The van der Waals surface area contributed by atoms with Crippen LogP contribution in [0.4, 0.5) is 5.69 Å².